The van der Waals surface area contributed by atoms with E-state index in [1.807, 2.05) is 12.1 Å². The van der Waals surface area contributed by atoms with Crippen LogP contribution < -0.4 is 5.73 Å². The van der Waals surface area contributed by atoms with E-state index < -0.39 is 0 Å². The maximum atomic E-state index is 5.78. The third-order valence-corrected chi connectivity index (χ3v) is 3.66. The van der Waals surface area contributed by atoms with Gasteiger partial charge in [-0.1, -0.05) is 11.6 Å². The molecule has 0 saturated heterocycles. The Balaban J connectivity index is 1.86. The first-order chi connectivity index (χ1) is 8.88. The molecule has 0 spiro atoms. The van der Waals surface area contributed by atoms with Gasteiger partial charge in [0.15, 0.2) is 0 Å². The van der Waals surface area contributed by atoms with Gasteiger partial charge in [0.2, 0.25) is 11.7 Å². The summed E-state index contributed by atoms with van der Waals surface area (Å²) >= 11 is 0. The van der Waals surface area contributed by atoms with Crippen LogP contribution in [0.25, 0.3) is 11.4 Å². The van der Waals surface area contributed by atoms with Gasteiger partial charge in [0.1, 0.15) is 0 Å². The van der Waals surface area contributed by atoms with Gasteiger partial charge in [0.05, 0.1) is 0 Å². The van der Waals surface area contributed by atoms with Gasteiger partial charge in [-0.15, -0.1) is 0 Å². The third kappa shape index (κ3) is 2.01. The molecule has 1 saturated carbocycles. The smallest absolute Gasteiger partial charge is 0.230 e. The van der Waals surface area contributed by atoms with E-state index >= 15 is 0 Å². The zero-order chi connectivity index (χ0) is 12.4. The number of hydrogen-bond acceptors (Lipinski definition) is 5. The zero-order valence-corrected chi connectivity index (χ0v) is 10.1. The molecule has 2 N–H and O–H groups in total. The van der Waals surface area contributed by atoms with E-state index in [0.717, 1.165) is 24.3 Å². The molecular formula is C13H16N4O. The van der Waals surface area contributed by atoms with Crippen molar-refractivity contribution in [3.05, 3.63) is 30.4 Å². The summed E-state index contributed by atoms with van der Waals surface area (Å²) in [6.07, 6.45) is 6.90. The van der Waals surface area contributed by atoms with Crippen molar-refractivity contribution in [2.24, 2.45) is 11.7 Å². The van der Waals surface area contributed by atoms with Gasteiger partial charge in [-0.2, -0.15) is 4.98 Å². The highest BCUT2D eigenvalue weighted by Crippen LogP contribution is 2.38. The molecule has 1 aliphatic carbocycles. The molecule has 0 amide bonds. The van der Waals surface area contributed by atoms with Crippen LogP contribution in [0.4, 0.5) is 0 Å². The minimum atomic E-state index is 0.332. The Labute approximate surface area is 105 Å². The van der Waals surface area contributed by atoms with Crippen LogP contribution >= 0.6 is 0 Å². The molecule has 1 fully saturated rings. The SMILES string of the molecule is NCC1CCCC1c1nc(-c2ccncc2)no1. The highest BCUT2D eigenvalue weighted by atomic mass is 16.5. The van der Waals surface area contributed by atoms with Crippen LogP contribution in [0.15, 0.2) is 29.0 Å². The maximum absolute atomic E-state index is 5.78. The van der Waals surface area contributed by atoms with Crippen molar-refractivity contribution >= 4 is 0 Å². The molecule has 2 heterocycles. The lowest BCUT2D eigenvalue weighted by molar-refractivity contribution is 0.326. The molecule has 1 aliphatic rings. The molecule has 2 aromatic heterocycles. The topological polar surface area (TPSA) is 77.8 Å². The highest BCUT2D eigenvalue weighted by molar-refractivity contribution is 5.52. The van der Waals surface area contributed by atoms with Gasteiger partial charge in [-0.05, 0) is 37.4 Å². The Hall–Kier alpha value is -1.75. The Kier molecular flexibility index (Phi) is 3.06. The van der Waals surface area contributed by atoms with Crippen LogP contribution in [0, 0.1) is 5.92 Å². The number of nitrogens with two attached hydrogens (primary N) is 1. The molecule has 5 heteroatoms. The van der Waals surface area contributed by atoms with Crippen LogP contribution in [-0.2, 0) is 0 Å². The van der Waals surface area contributed by atoms with Crippen molar-refractivity contribution in [2.75, 3.05) is 6.54 Å². The fourth-order valence-electron chi connectivity index (χ4n) is 2.65. The third-order valence-electron chi connectivity index (χ3n) is 3.66. The van der Waals surface area contributed by atoms with Gasteiger partial charge in [0.25, 0.3) is 0 Å². The van der Waals surface area contributed by atoms with E-state index in [1.165, 1.54) is 6.42 Å². The monoisotopic (exact) mass is 244 g/mol. The summed E-state index contributed by atoms with van der Waals surface area (Å²) in [5, 5.41) is 4.05. The highest BCUT2D eigenvalue weighted by Gasteiger charge is 2.31. The Bertz CT molecular complexity index is 511. The second kappa shape index (κ2) is 4.86. The first kappa shape index (κ1) is 11.3. The van der Waals surface area contributed by atoms with Gasteiger partial charge < -0.3 is 10.3 Å². The first-order valence-electron chi connectivity index (χ1n) is 6.32. The summed E-state index contributed by atoms with van der Waals surface area (Å²) in [5.41, 5.74) is 6.71. The largest absolute Gasteiger partial charge is 0.339 e. The van der Waals surface area contributed by atoms with Crippen LogP contribution in [0.2, 0.25) is 0 Å². The lowest BCUT2D eigenvalue weighted by Gasteiger charge is -2.12. The van der Waals surface area contributed by atoms with Crippen LogP contribution in [-0.4, -0.2) is 21.7 Å². The van der Waals surface area contributed by atoms with E-state index in [1.54, 1.807) is 12.4 Å². The van der Waals surface area contributed by atoms with Gasteiger partial charge in [-0.3, -0.25) is 4.98 Å². The van der Waals surface area contributed by atoms with Crippen molar-refractivity contribution in [1.82, 2.24) is 15.1 Å². The van der Waals surface area contributed by atoms with Gasteiger partial charge >= 0.3 is 0 Å². The van der Waals surface area contributed by atoms with E-state index in [4.69, 9.17) is 10.3 Å². The molecule has 0 aromatic carbocycles. The van der Waals surface area contributed by atoms with Crippen LogP contribution in [0.5, 0.6) is 0 Å². The van der Waals surface area contributed by atoms with Crippen molar-refractivity contribution in [3.63, 3.8) is 0 Å². The summed E-state index contributed by atoms with van der Waals surface area (Å²) in [5.74, 6) is 2.18. The Morgan fingerprint density at radius 1 is 1.28 bits per heavy atom. The van der Waals surface area contributed by atoms with E-state index in [9.17, 15) is 0 Å². The molecule has 2 unspecified atom stereocenters. The second-order valence-corrected chi connectivity index (χ2v) is 4.73. The molecule has 2 atom stereocenters. The molecule has 94 valence electrons. The molecule has 3 rings (SSSR count). The maximum Gasteiger partial charge on any atom is 0.230 e. The van der Waals surface area contributed by atoms with Crippen molar-refractivity contribution in [1.29, 1.82) is 0 Å². The lowest BCUT2D eigenvalue weighted by atomic mass is 9.96. The predicted molar refractivity (Wildman–Crippen MR) is 66.7 cm³/mol. The van der Waals surface area contributed by atoms with E-state index in [-0.39, 0.29) is 0 Å². The van der Waals surface area contributed by atoms with Gasteiger partial charge in [-0.25, -0.2) is 0 Å². The summed E-state index contributed by atoms with van der Waals surface area (Å²) in [7, 11) is 0. The molecule has 18 heavy (non-hydrogen) atoms. The number of pyridine rings is 1. The fraction of sp³-hybridized carbons (Fsp3) is 0.462. The van der Waals surface area contributed by atoms with E-state index in [2.05, 4.69) is 15.1 Å². The molecular weight excluding hydrogens is 228 g/mol. The summed E-state index contributed by atoms with van der Waals surface area (Å²) < 4.78 is 5.40. The van der Waals surface area contributed by atoms with Crippen LogP contribution in [0.1, 0.15) is 31.1 Å². The average molecular weight is 244 g/mol. The quantitative estimate of drug-likeness (QED) is 0.893. The molecule has 0 aliphatic heterocycles. The number of hydrogen-bond donors (Lipinski definition) is 1. The summed E-state index contributed by atoms with van der Waals surface area (Å²) in [6, 6.07) is 3.76. The molecule has 5 nitrogen and oxygen atoms in total. The number of rotatable bonds is 3. The fourth-order valence-corrected chi connectivity index (χ4v) is 2.65. The predicted octanol–water partition coefficient (Wildman–Crippen LogP) is 1.97. The standard InChI is InChI=1S/C13H16N4O/c14-8-10-2-1-3-11(10)13-16-12(17-18-13)9-4-6-15-7-5-9/h4-7,10-11H,1-3,8,14H2. The minimum absolute atomic E-state index is 0.332. The lowest BCUT2D eigenvalue weighted by Crippen LogP contribution is -2.17. The Morgan fingerprint density at radius 2 is 2.11 bits per heavy atom. The normalized spacial score (nSPS) is 23.4. The van der Waals surface area contributed by atoms with Gasteiger partial charge in [0, 0.05) is 23.9 Å². The molecule has 0 bridgehead atoms. The summed E-state index contributed by atoms with van der Waals surface area (Å²) in [6.45, 7) is 0.692. The second-order valence-electron chi connectivity index (χ2n) is 4.73. The molecule has 0 radical (unpaired) electrons. The molecule has 2 aromatic rings. The number of aromatic nitrogens is 3. The minimum Gasteiger partial charge on any atom is -0.339 e. The van der Waals surface area contributed by atoms with Crippen LogP contribution in [0.3, 0.4) is 0 Å². The first-order valence-corrected chi connectivity index (χ1v) is 6.32. The Morgan fingerprint density at radius 3 is 2.89 bits per heavy atom. The summed E-state index contributed by atoms with van der Waals surface area (Å²) in [4.78, 5) is 8.48. The van der Waals surface area contributed by atoms with E-state index in [0.29, 0.717) is 24.2 Å². The van der Waals surface area contributed by atoms with Crippen molar-refractivity contribution in [2.45, 2.75) is 25.2 Å². The van der Waals surface area contributed by atoms with Crippen molar-refractivity contribution in [3.8, 4) is 11.4 Å². The zero-order valence-electron chi connectivity index (χ0n) is 10.1. The average Bonchev–Trinajstić information content (AvgIpc) is 3.08. The van der Waals surface area contributed by atoms with Crippen molar-refractivity contribution < 1.29 is 4.52 Å². The number of nitrogens with zero attached hydrogens (tertiary/aromatic N) is 3.